The number of sulfonamides is 1. The zero-order valence-corrected chi connectivity index (χ0v) is 12.7. The Bertz CT molecular complexity index is 713. The molecule has 1 aromatic heterocycles. The van der Waals surface area contributed by atoms with Crippen LogP contribution in [0.1, 0.15) is 0 Å². The molecule has 0 amide bonds. The fourth-order valence-corrected chi connectivity index (χ4v) is 2.73. The number of hydrogen-bond acceptors (Lipinski definition) is 4. The minimum Gasteiger partial charge on any atom is -0.367 e. The van der Waals surface area contributed by atoms with Crippen molar-refractivity contribution in [1.29, 1.82) is 0 Å². The maximum atomic E-state index is 12.2. The Labute approximate surface area is 128 Å². The zero-order valence-electron chi connectivity index (χ0n) is 11.1. The fraction of sp³-hybridized carbons (Fsp3) is 0.0714. The molecular weight excluding hydrogens is 310 g/mol. The quantitative estimate of drug-likeness (QED) is 0.801. The van der Waals surface area contributed by atoms with E-state index in [1.807, 2.05) is 0 Å². The van der Waals surface area contributed by atoms with Crippen molar-refractivity contribution in [3.05, 3.63) is 60.3 Å². The molecule has 2 rings (SSSR count). The number of aromatic nitrogens is 1. The van der Waals surface area contributed by atoms with Crippen LogP contribution in [0.25, 0.3) is 0 Å². The molecule has 1 aromatic carbocycles. The van der Waals surface area contributed by atoms with Gasteiger partial charge in [0.05, 0.1) is 16.8 Å². The standard InChI is InChI=1S/C14H14ClN3O2S/c1-2-9-16-14-8-5-12(10-17-14)18-21(19,20)13-6-3-11(15)4-7-13/h2-8,10,18H,1,9H2,(H,16,17). The van der Waals surface area contributed by atoms with Gasteiger partial charge >= 0.3 is 0 Å². The first kappa shape index (κ1) is 15.3. The molecule has 0 aliphatic carbocycles. The molecule has 0 unspecified atom stereocenters. The molecule has 0 saturated carbocycles. The van der Waals surface area contributed by atoms with Gasteiger partial charge in [-0.25, -0.2) is 13.4 Å². The van der Waals surface area contributed by atoms with Gasteiger partial charge in [-0.3, -0.25) is 4.72 Å². The first-order valence-corrected chi connectivity index (χ1v) is 7.96. The number of pyridine rings is 1. The topological polar surface area (TPSA) is 71.1 Å². The summed E-state index contributed by atoms with van der Waals surface area (Å²) in [6.45, 7) is 4.18. The molecule has 0 bridgehead atoms. The van der Waals surface area contributed by atoms with Crippen LogP contribution in [0, 0.1) is 0 Å². The Morgan fingerprint density at radius 2 is 1.90 bits per heavy atom. The Morgan fingerprint density at radius 3 is 2.48 bits per heavy atom. The number of halogens is 1. The van der Waals surface area contributed by atoms with Crippen LogP contribution < -0.4 is 10.0 Å². The molecule has 0 fully saturated rings. The van der Waals surface area contributed by atoms with Crippen molar-refractivity contribution in [1.82, 2.24) is 4.98 Å². The van der Waals surface area contributed by atoms with Crippen LogP contribution in [-0.2, 0) is 10.0 Å². The Balaban J connectivity index is 2.13. The summed E-state index contributed by atoms with van der Waals surface area (Å²) >= 11 is 5.74. The first-order valence-electron chi connectivity index (χ1n) is 6.10. The van der Waals surface area contributed by atoms with E-state index < -0.39 is 10.0 Å². The molecule has 21 heavy (non-hydrogen) atoms. The van der Waals surface area contributed by atoms with E-state index in [4.69, 9.17) is 11.6 Å². The summed E-state index contributed by atoms with van der Waals surface area (Å²) in [5.41, 5.74) is 0.383. The second-order valence-corrected chi connectivity index (χ2v) is 6.28. The van der Waals surface area contributed by atoms with Gasteiger partial charge in [-0.1, -0.05) is 17.7 Å². The van der Waals surface area contributed by atoms with Crippen LogP contribution in [0.3, 0.4) is 0 Å². The highest BCUT2D eigenvalue weighted by Gasteiger charge is 2.13. The van der Waals surface area contributed by atoms with Crippen molar-refractivity contribution >= 4 is 33.1 Å². The molecule has 0 atom stereocenters. The lowest BCUT2D eigenvalue weighted by Gasteiger charge is -2.09. The monoisotopic (exact) mass is 323 g/mol. The summed E-state index contributed by atoms with van der Waals surface area (Å²) in [4.78, 5) is 4.24. The van der Waals surface area contributed by atoms with Gasteiger partial charge in [0, 0.05) is 11.6 Å². The maximum absolute atomic E-state index is 12.2. The van der Waals surface area contributed by atoms with Crippen molar-refractivity contribution in [3.63, 3.8) is 0 Å². The number of nitrogens with one attached hydrogen (secondary N) is 2. The van der Waals surface area contributed by atoms with Crippen LogP contribution in [0.4, 0.5) is 11.5 Å². The molecule has 5 nitrogen and oxygen atoms in total. The van der Waals surface area contributed by atoms with Gasteiger partial charge in [-0.2, -0.15) is 0 Å². The molecule has 1 heterocycles. The summed E-state index contributed by atoms with van der Waals surface area (Å²) in [5, 5.41) is 3.48. The molecule has 0 aliphatic rings. The number of nitrogens with zero attached hydrogens (tertiary/aromatic N) is 1. The SMILES string of the molecule is C=CCNc1ccc(NS(=O)(=O)c2ccc(Cl)cc2)cn1. The van der Waals surface area contributed by atoms with Crippen LogP contribution in [0.2, 0.25) is 5.02 Å². The fourth-order valence-electron chi connectivity index (χ4n) is 1.56. The number of rotatable bonds is 6. The van der Waals surface area contributed by atoms with E-state index in [2.05, 4.69) is 21.6 Å². The lowest BCUT2D eigenvalue weighted by Crippen LogP contribution is -2.13. The summed E-state index contributed by atoms with van der Waals surface area (Å²) in [5.74, 6) is 0.643. The highest BCUT2D eigenvalue weighted by molar-refractivity contribution is 7.92. The average Bonchev–Trinajstić information content (AvgIpc) is 2.47. The summed E-state index contributed by atoms with van der Waals surface area (Å²) in [6.07, 6.45) is 3.15. The van der Waals surface area contributed by atoms with E-state index in [0.29, 0.717) is 23.1 Å². The van der Waals surface area contributed by atoms with Crippen LogP contribution in [0.15, 0.2) is 60.1 Å². The molecule has 7 heteroatoms. The van der Waals surface area contributed by atoms with E-state index in [9.17, 15) is 8.42 Å². The number of benzene rings is 1. The maximum Gasteiger partial charge on any atom is 0.261 e. The van der Waals surface area contributed by atoms with Crippen molar-refractivity contribution < 1.29 is 8.42 Å². The average molecular weight is 324 g/mol. The molecule has 0 saturated heterocycles. The Hall–Kier alpha value is -2.05. The molecule has 110 valence electrons. The van der Waals surface area contributed by atoms with Gasteiger partial charge in [0.2, 0.25) is 0 Å². The van der Waals surface area contributed by atoms with Gasteiger partial charge < -0.3 is 5.32 Å². The molecular formula is C14H14ClN3O2S. The third kappa shape index (κ3) is 4.21. The van der Waals surface area contributed by atoms with Crippen molar-refractivity contribution in [2.45, 2.75) is 4.90 Å². The predicted octanol–water partition coefficient (Wildman–Crippen LogP) is 3.13. The molecule has 0 spiro atoms. The van der Waals surface area contributed by atoms with Crippen LogP contribution in [0.5, 0.6) is 0 Å². The van der Waals surface area contributed by atoms with Crippen molar-refractivity contribution in [2.75, 3.05) is 16.6 Å². The third-order valence-electron chi connectivity index (χ3n) is 2.57. The second-order valence-electron chi connectivity index (χ2n) is 4.16. The summed E-state index contributed by atoms with van der Waals surface area (Å²) in [6, 6.07) is 9.25. The van der Waals surface area contributed by atoms with E-state index in [1.54, 1.807) is 18.2 Å². The van der Waals surface area contributed by atoms with Crippen LogP contribution in [-0.4, -0.2) is 19.9 Å². The summed E-state index contributed by atoms with van der Waals surface area (Å²) in [7, 11) is -3.65. The van der Waals surface area contributed by atoms with E-state index >= 15 is 0 Å². The van der Waals surface area contributed by atoms with Crippen LogP contribution >= 0.6 is 11.6 Å². The Morgan fingerprint density at radius 1 is 1.19 bits per heavy atom. The second kappa shape index (κ2) is 6.60. The van der Waals surface area contributed by atoms with Gasteiger partial charge in [-0.15, -0.1) is 6.58 Å². The van der Waals surface area contributed by atoms with Crippen molar-refractivity contribution in [3.8, 4) is 0 Å². The largest absolute Gasteiger partial charge is 0.367 e. The lowest BCUT2D eigenvalue weighted by molar-refractivity contribution is 0.601. The van der Waals surface area contributed by atoms with E-state index in [0.717, 1.165) is 0 Å². The third-order valence-corrected chi connectivity index (χ3v) is 4.22. The molecule has 2 aromatic rings. The predicted molar refractivity (Wildman–Crippen MR) is 85.2 cm³/mol. The first-order chi connectivity index (χ1) is 10.0. The normalized spacial score (nSPS) is 10.9. The Kier molecular flexibility index (Phi) is 4.82. The number of hydrogen-bond donors (Lipinski definition) is 2. The molecule has 2 N–H and O–H groups in total. The highest BCUT2D eigenvalue weighted by Crippen LogP contribution is 2.18. The molecule has 0 aliphatic heterocycles. The van der Waals surface area contributed by atoms with E-state index in [-0.39, 0.29) is 4.90 Å². The number of anilines is 2. The van der Waals surface area contributed by atoms with Gasteiger partial charge in [0.15, 0.2) is 0 Å². The van der Waals surface area contributed by atoms with Gasteiger partial charge in [0.1, 0.15) is 5.82 Å². The summed E-state index contributed by atoms with van der Waals surface area (Å²) < 4.78 is 26.8. The van der Waals surface area contributed by atoms with Gasteiger partial charge in [-0.05, 0) is 36.4 Å². The molecule has 0 radical (unpaired) electrons. The van der Waals surface area contributed by atoms with Gasteiger partial charge in [0.25, 0.3) is 10.0 Å². The van der Waals surface area contributed by atoms with Crippen molar-refractivity contribution in [2.24, 2.45) is 0 Å². The van der Waals surface area contributed by atoms with E-state index in [1.165, 1.54) is 30.5 Å². The minimum atomic E-state index is -3.65. The minimum absolute atomic E-state index is 0.140. The highest BCUT2D eigenvalue weighted by atomic mass is 35.5. The lowest BCUT2D eigenvalue weighted by atomic mass is 10.4. The zero-order chi connectivity index (χ0) is 15.3. The smallest absolute Gasteiger partial charge is 0.261 e.